The quantitative estimate of drug-likeness (QED) is 0.778. The molecule has 1 aromatic heterocycles. The van der Waals surface area contributed by atoms with Crippen LogP contribution in [0, 0.1) is 11.8 Å². The molecule has 2 rings (SSSR count). The van der Waals surface area contributed by atoms with Crippen molar-refractivity contribution in [3.8, 4) is 0 Å². The van der Waals surface area contributed by atoms with Crippen molar-refractivity contribution in [2.45, 2.75) is 25.4 Å². The molecule has 1 aliphatic carbocycles. The lowest BCUT2D eigenvalue weighted by atomic mass is 9.95. The van der Waals surface area contributed by atoms with Crippen LogP contribution >= 0.6 is 22.9 Å². The second-order valence-electron chi connectivity index (χ2n) is 4.94. The van der Waals surface area contributed by atoms with E-state index in [1.165, 1.54) is 11.3 Å². The molecule has 0 spiro atoms. The number of aliphatic hydroxyl groups is 1. The molecule has 1 amide bonds. The molecule has 1 unspecified atom stereocenters. The molecule has 0 aromatic carbocycles. The molecule has 1 fully saturated rings. The lowest BCUT2D eigenvalue weighted by Crippen LogP contribution is -2.37. The summed E-state index contributed by atoms with van der Waals surface area (Å²) in [5.74, 6) is 0.298. The first kappa shape index (κ1) is 14.8. The van der Waals surface area contributed by atoms with E-state index >= 15 is 0 Å². The van der Waals surface area contributed by atoms with E-state index in [0.717, 1.165) is 24.1 Å². The van der Waals surface area contributed by atoms with Gasteiger partial charge in [0.1, 0.15) is 6.10 Å². The number of aliphatic hydroxyl groups excluding tert-OH is 1. The van der Waals surface area contributed by atoms with Crippen molar-refractivity contribution in [2.75, 3.05) is 13.1 Å². The minimum atomic E-state index is -0.695. The Hall–Kier alpha value is -0.620. The number of hydrogen-bond acceptors (Lipinski definition) is 4. The van der Waals surface area contributed by atoms with Gasteiger partial charge in [0.25, 0.3) is 0 Å². The normalized spacial score (nSPS) is 24.4. The van der Waals surface area contributed by atoms with E-state index in [1.54, 1.807) is 12.1 Å². The Morgan fingerprint density at radius 1 is 1.58 bits per heavy atom. The molecule has 0 aliphatic heterocycles. The van der Waals surface area contributed by atoms with E-state index < -0.39 is 6.10 Å². The highest BCUT2D eigenvalue weighted by atomic mass is 35.5. The van der Waals surface area contributed by atoms with E-state index in [1.807, 2.05) is 0 Å². The van der Waals surface area contributed by atoms with Gasteiger partial charge in [-0.25, -0.2) is 0 Å². The Kier molecular flexibility index (Phi) is 5.21. The van der Waals surface area contributed by atoms with Gasteiger partial charge in [-0.05, 0) is 37.4 Å². The number of nitrogens with two attached hydrogens (primary N) is 1. The fourth-order valence-corrected chi connectivity index (χ4v) is 3.65. The van der Waals surface area contributed by atoms with Crippen LogP contribution in [0.25, 0.3) is 0 Å². The maximum atomic E-state index is 12.1. The van der Waals surface area contributed by atoms with E-state index in [4.69, 9.17) is 17.3 Å². The van der Waals surface area contributed by atoms with Crippen molar-refractivity contribution >= 4 is 28.8 Å². The molecule has 4 N–H and O–H groups in total. The minimum absolute atomic E-state index is 0.00382. The first-order chi connectivity index (χ1) is 9.11. The second kappa shape index (κ2) is 6.70. The number of nitrogens with one attached hydrogen (secondary N) is 1. The van der Waals surface area contributed by atoms with E-state index in [2.05, 4.69) is 5.32 Å². The van der Waals surface area contributed by atoms with Gasteiger partial charge in [-0.15, -0.1) is 11.3 Å². The Morgan fingerprint density at radius 3 is 3.00 bits per heavy atom. The van der Waals surface area contributed by atoms with Crippen LogP contribution in [0.5, 0.6) is 0 Å². The first-order valence-corrected chi connectivity index (χ1v) is 7.72. The summed E-state index contributed by atoms with van der Waals surface area (Å²) in [6.07, 6.45) is 2.29. The van der Waals surface area contributed by atoms with Crippen LogP contribution in [-0.2, 0) is 4.79 Å². The standard InChI is InChI=1S/C13H19ClN2O2S/c14-12-5-4-11(19-12)10(17)7-16-13(18)9-3-1-2-8(9)6-15/h4-5,8-10,17H,1-3,6-7,15H2,(H,16,18)/t8-,9-,10?/m1/s1. The van der Waals surface area contributed by atoms with Crippen molar-refractivity contribution in [2.24, 2.45) is 17.6 Å². The third kappa shape index (κ3) is 3.69. The fourth-order valence-electron chi connectivity index (χ4n) is 2.60. The molecule has 1 aliphatic rings. The summed E-state index contributed by atoms with van der Waals surface area (Å²) in [4.78, 5) is 12.8. The zero-order valence-corrected chi connectivity index (χ0v) is 12.2. The van der Waals surface area contributed by atoms with Crippen LogP contribution in [0.2, 0.25) is 4.34 Å². The van der Waals surface area contributed by atoms with Crippen molar-refractivity contribution in [3.05, 3.63) is 21.3 Å². The van der Waals surface area contributed by atoms with E-state index in [9.17, 15) is 9.90 Å². The summed E-state index contributed by atoms with van der Waals surface area (Å²) in [7, 11) is 0. The Morgan fingerprint density at radius 2 is 2.37 bits per heavy atom. The van der Waals surface area contributed by atoms with Gasteiger partial charge in [0, 0.05) is 17.3 Å². The van der Waals surface area contributed by atoms with Crippen molar-refractivity contribution < 1.29 is 9.90 Å². The van der Waals surface area contributed by atoms with Crippen molar-refractivity contribution in [3.63, 3.8) is 0 Å². The molecule has 1 aromatic rings. The molecule has 0 radical (unpaired) electrons. The van der Waals surface area contributed by atoms with Crippen LogP contribution in [0.4, 0.5) is 0 Å². The maximum Gasteiger partial charge on any atom is 0.223 e. The van der Waals surface area contributed by atoms with Gasteiger partial charge in [-0.2, -0.15) is 0 Å². The van der Waals surface area contributed by atoms with Crippen LogP contribution in [0.3, 0.4) is 0 Å². The van der Waals surface area contributed by atoms with Gasteiger partial charge in [0.05, 0.1) is 4.34 Å². The van der Waals surface area contributed by atoms with Crippen LogP contribution < -0.4 is 11.1 Å². The number of halogens is 1. The Balaban J connectivity index is 1.83. The molecule has 1 heterocycles. The third-order valence-corrected chi connectivity index (χ3v) is 5.02. The number of thiophene rings is 1. The van der Waals surface area contributed by atoms with Crippen LogP contribution in [0.1, 0.15) is 30.2 Å². The molecule has 3 atom stereocenters. The molecule has 6 heteroatoms. The van der Waals surface area contributed by atoms with E-state index in [0.29, 0.717) is 10.9 Å². The number of carbonyl (C=O) groups is 1. The zero-order valence-electron chi connectivity index (χ0n) is 10.6. The van der Waals surface area contributed by atoms with E-state index in [-0.39, 0.29) is 24.3 Å². The van der Waals surface area contributed by atoms with Gasteiger partial charge in [-0.3, -0.25) is 4.79 Å². The molecule has 19 heavy (non-hydrogen) atoms. The third-order valence-electron chi connectivity index (χ3n) is 3.69. The SMILES string of the molecule is NC[C@H]1CCC[C@H]1C(=O)NCC(O)c1ccc(Cl)s1. The average Bonchev–Trinajstić information content (AvgIpc) is 3.03. The molecular formula is C13H19ClN2O2S. The van der Waals surface area contributed by atoms with Gasteiger partial charge < -0.3 is 16.2 Å². The average molecular weight is 303 g/mol. The topological polar surface area (TPSA) is 75.4 Å². The van der Waals surface area contributed by atoms with Gasteiger partial charge in [-0.1, -0.05) is 18.0 Å². The largest absolute Gasteiger partial charge is 0.386 e. The van der Waals surface area contributed by atoms with Gasteiger partial charge >= 0.3 is 0 Å². The van der Waals surface area contributed by atoms with Gasteiger partial charge in [0.15, 0.2) is 0 Å². The molecule has 106 valence electrons. The highest BCUT2D eigenvalue weighted by molar-refractivity contribution is 7.16. The van der Waals surface area contributed by atoms with Crippen molar-refractivity contribution in [1.82, 2.24) is 5.32 Å². The zero-order chi connectivity index (χ0) is 13.8. The first-order valence-electron chi connectivity index (χ1n) is 6.53. The second-order valence-corrected chi connectivity index (χ2v) is 6.68. The smallest absolute Gasteiger partial charge is 0.223 e. The van der Waals surface area contributed by atoms with Crippen LogP contribution in [-0.4, -0.2) is 24.1 Å². The number of rotatable bonds is 5. The van der Waals surface area contributed by atoms with Crippen LogP contribution in [0.15, 0.2) is 12.1 Å². The molecule has 1 saturated carbocycles. The molecule has 0 bridgehead atoms. The maximum absolute atomic E-state index is 12.1. The summed E-state index contributed by atoms with van der Waals surface area (Å²) in [6, 6.07) is 3.52. The summed E-state index contributed by atoms with van der Waals surface area (Å²) < 4.78 is 0.638. The molecule has 4 nitrogen and oxygen atoms in total. The Labute approximate surface area is 121 Å². The summed E-state index contributed by atoms with van der Waals surface area (Å²) in [6.45, 7) is 0.782. The number of amides is 1. The molecule has 0 saturated heterocycles. The summed E-state index contributed by atoms with van der Waals surface area (Å²) in [5, 5.41) is 12.8. The Bertz CT molecular complexity index is 438. The lowest BCUT2D eigenvalue weighted by molar-refractivity contribution is -0.126. The summed E-state index contributed by atoms with van der Waals surface area (Å²) in [5.41, 5.74) is 5.67. The minimum Gasteiger partial charge on any atom is -0.386 e. The predicted molar refractivity (Wildman–Crippen MR) is 77.2 cm³/mol. The summed E-state index contributed by atoms with van der Waals surface area (Å²) >= 11 is 7.14. The van der Waals surface area contributed by atoms with Crippen molar-refractivity contribution in [1.29, 1.82) is 0 Å². The highest BCUT2D eigenvalue weighted by Crippen LogP contribution is 2.31. The monoisotopic (exact) mass is 302 g/mol. The number of carbonyl (C=O) groups excluding carboxylic acids is 1. The highest BCUT2D eigenvalue weighted by Gasteiger charge is 2.31. The molecular weight excluding hydrogens is 284 g/mol. The predicted octanol–water partition coefficient (Wildman–Crippen LogP) is 1.93. The van der Waals surface area contributed by atoms with Gasteiger partial charge in [0.2, 0.25) is 5.91 Å². The number of hydrogen-bond donors (Lipinski definition) is 3. The lowest BCUT2D eigenvalue weighted by Gasteiger charge is -2.18. The fraction of sp³-hybridized carbons (Fsp3) is 0.615.